The predicted molar refractivity (Wildman–Crippen MR) is 117 cm³/mol. The van der Waals surface area contributed by atoms with Crippen molar-refractivity contribution in [2.45, 2.75) is 52.9 Å². The van der Waals surface area contributed by atoms with Gasteiger partial charge < -0.3 is 4.42 Å². The van der Waals surface area contributed by atoms with E-state index in [0.717, 1.165) is 33.3 Å². The minimum absolute atomic E-state index is 0.00417. The molecule has 0 fully saturated rings. The number of nitrogens with zero attached hydrogens (tertiary/aromatic N) is 2. The molecule has 0 radical (unpaired) electrons. The Bertz CT molecular complexity index is 1150. The van der Waals surface area contributed by atoms with Crippen molar-refractivity contribution in [3.63, 3.8) is 0 Å². The van der Waals surface area contributed by atoms with Crippen molar-refractivity contribution in [1.29, 1.82) is 0 Å². The van der Waals surface area contributed by atoms with Crippen molar-refractivity contribution in [2.75, 3.05) is 0 Å². The Hall–Kier alpha value is -2.68. The van der Waals surface area contributed by atoms with Crippen LogP contribution in [0.1, 0.15) is 58.7 Å². The Kier molecular flexibility index (Phi) is 4.49. The molecule has 1 unspecified atom stereocenters. The van der Waals surface area contributed by atoms with Gasteiger partial charge in [0.15, 0.2) is 0 Å². The maximum Gasteiger partial charge on any atom is 0.227 e. The maximum atomic E-state index is 6.04. The second-order valence-corrected chi connectivity index (χ2v) is 9.12. The minimum Gasteiger partial charge on any atom is -0.438 e. The lowest BCUT2D eigenvalue weighted by Gasteiger charge is -2.16. The summed E-state index contributed by atoms with van der Waals surface area (Å²) in [4.78, 5) is 9.38. The normalized spacial score (nSPS) is 13.5. The summed E-state index contributed by atoms with van der Waals surface area (Å²) in [6, 6.07) is 14.9. The zero-order chi connectivity index (χ0) is 20.1. The largest absolute Gasteiger partial charge is 0.438 e. The smallest absolute Gasteiger partial charge is 0.227 e. The van der Waals surface area contributed by atoms with E-state index in [1.54, 1.807) is 0 Å². The van der Waals surface area contributed by atoms with Crippen LogP contribution in [0.4, 0.5) is 0 Å². The molecule has 0 aliphatic rings. The van der Waals surface area contributed by atoms with Crippen molar-refractivity contribution in [2.24, 2.45) is 5.92 Å². The third kappa shape index (κ3) is 3.30. The molecule has 0 spiro atoms. The van der Waals surface area contributed by atoms with Gasteiger partial charge in [0.2, 0.25) is 5.71 Å². The van der Waals surface area contributed by atoms with Gasteiger partial charge in [0.25, 0.3) is 0 Å². The van der Waals surface area contributed by atoms with Crippen LogP contribution in [0, 0.1) is 5.92 Å². The van der Waals surface area contributed by atoms with Gasteiger partial charge >= 0.3 is 0 Å². The molecule has 3 aromatic heterocycles. The fourth-order valence-corrected chi connectivity index (χ4v) is 3.51. The monoisotopic (exact) mass is 372 g/mol. The first-order chi connectivity index (χ1) is 13.2. The SMILES string of the molecule is CC(C)C(C)c1ccnc(-c2ccc3oc4nc(C(C)(C)C)ccc4c3c2)c1. The van der Waals surface area contributed by atoms with Crippen LogP contribution in [0.2, 0.25) is 0 Å². The molecule has 0 bridgehead atoms. The van der Waals surface area contributed by atoms with E-state index in [0.29, 0.717) is 17.5 Å². The van der Waals surface area contributed by atoms with Crippen LogP contribution in [0.5, 0.6) is 0 Å². The highest BCUT2D eigenvalue weighted by molar-refractivity contribution is 6.05. The van der Waals surface area contributed by atoms with Gasteiger partial charge in [-0.3, -0.25) is 4.98 Å². The molecule has 3 nitrogen and oxygen atoms in total. The Morgan fingerprint density at radius 3 is 2.39 bits per heavy atom. The summed E-state index contributed by atoms with van der Waals surface area (Å²) < 4.78 is 6.04. The summed E-state index contributed by atoms with van der Waals surface area (Å²) in [6.45, 7) is 13.3. The quantitative estimate of drug-likeness (QED) is 0.385. The molecule has 0 N–H and O–H groups in total. The molecule has 0 aliphatic carbocycles. The number of furan rings is 1. The molecule has 0 aliphatic heterocycles. The van der Waals surface area contributed by atoms with Gasteiger partial charge in [-0.25, -0.2) is 4.98 Å². The Morgan fingerprint density at radius 2 is 1.68 bits per heavy atom. The molecule has 0 saturated carbocycles. The molecule has 1 aromatic carbocycles. The lowest BCUT2D eigenvalue weighted by Crippen LogP contribution is -2.12. The molecule has 28 heavy (non-hydrogen) atoms. The van der Waals surface area contributed by atoms with E-state index in [1.807, 2.05) is 12.3 Å². The lowest BCUT2D eigenvalue weighted by atomic mass is 9.90. The van der Waals surface area contributed by atoms with Gasteiger partial charge in [-0.2, -0.15) is 0 Å². The molecule has 4 aromatic rings. The number of aromatic nitrogens is 2. The zero-order valence-electron chi connectivity index (χ0n) is 17.6. The number of hydrogen-bond acceptors (Lipinski definition) is 3. The molecule has 144 valence electrons. The summed E-state index contributed by atoms with van der Waals surface area (Å²) in [6.07, 6.45) is 1.92. The van der Waals surface area contributed by atoms with Crippen LogP contribution in [0.3, 0.4) is 0 Å². The van der Waals surface area contributed by atoms with Crippen LogP contribution in [0.15, 0.2) is 53.1 Å². The van der Waals surface area contributed by atoms with Crippen molar-refractivity contribution in [3.05, 3.63) is 59.9 Å². The first kappa shape index (κ1) is 18.7. The highest BCUT2D eigenvalue weighted by atomic mass is 16.3. The molecular formula is C25H28N2O. The van der Waals surface area contributed by atoms with Crippen LogP contribution in [0.25, 0.3) is 33.3 Å². The van der Waals surface area contributed by atoms with Crippen LogP contribution < -0.4 is 0 Å². The fraction of sp³-hybridized carbons (Fsp3) is 0.360. The second-order valence-electron chi connectivity index (χ2n) is 9.12. The van der Waals surface area contributed by atoms with E-state index in [4.69, 9.17) is 9.40 Å². The molecule has 3 heteroatoms. The lowest BCUT2D eigenvalue weighted by molar-refractivity contribution is 0.535. The van der Waals surface area contributed by atoms with Gasteiger partial charge in [0.1, 0.15) is 5.58 Å². The first-order valence-electron chi connectivity index (χ1n) is 10.0. The van der Waals surface area contributed by atoms with Gasteiger partial charge in [-0.1, -0.05) is 41.5 Å². The molecule has 4 rings (SSSR count). The average Bonchev–Trinajstić information content (AvgIpc) is 3.03. The van der Waals surface area contributed by atoms with E-state index in [9.17, 15) is 0 Å². The van der Waals surface area contributed by atoms with Crippen LogP contribution >= 0.6 is 0 Å². The molecule has 1 atom stereocenters. The van der Waals surface area contributed by atoms with E-state index in [1.165, 1.54) is 5.56 Å². The summed E-state index contributed by atoms with van der Waals surface area (Å²) in [5.41, 5.74) is 6.03. The number of benzene rings is 1. The van der Waals surface area contributed by atoms with E-state index >= 15 is 0 Å². The van der Waals surface area contributed by atoms with Crippen molar-refractivity contribution >= 4 is 22.1 Å². The second kappa shape index (κ2) is 6.73. The zero-order valence-corrected chi connectivity index (χ0v) is 17.6. The fourth-order valence-electron chi connectivity index (χ4n) is 3.51. The summed E-state index contributed by atoms with van der Waals surface area (Å²) in [7, 11) is 0. The molecular weight excluding hydrogens is 344 g/mol. The third-order valence-corrected chi connectivity index (χ3v) is 5.71. The molecule has 3 heterocycles. The maximum absolute atomic E-state index is 6.04. The van der Waals surface area contributed by atoms with Crippen molar-refractivity contribution in [1.82, 2.24) is 9.97 Å². The minimum atomic E-state index is -0.00417. The van der Waals surface area contributed by atoms with Crippen molar-refractivity contribution in [3.8, 4) is 11.3 Å². The van der Waals surface area contributed by atoms with Gasteiger partial charge in [-0.15, -0.1) is 0 Å². The summed E-state index contributed by atoms with van der Waals surface area (Å²) >= 11 is 0. The highest BCUT2D eigenvalue weighted by Crippen LogP contribution is 2.34. The highest BCUT2D eigenvalue weighted by Gasteiger charge is 2.18. The van der Waals surface area contributed by atoms with Gasteiger partial charge in [-0.05, 0) is 59.9 Å². The van der Waals surface area contributed by atoms with E-state index < -0.39 is 0 Å². The number of rotatable bonds is 3. The Labute approximate surface area is 166 Å². The van der Waals surface area contributed by atoms with Crippen molar-refractivity contribution < 1.29 is 4.42 Å². The number of pyridine rings is 2. The summed E-state index contributed by atoms with van der Waals surface area (Å²) in [5.74, 6) is 1.10. The topological polar surface area (TPSA) is 38.9 Å². The number of hydrogen-bond donors (Lipinski definition) is 0. The standard InChI is InChI=1S/C25H28N2O/c1-15(2)16(3)17-11-12-26-21(14-17)18-7-9-22-20(13-18)19-8-10-23(25(4,5)6)27-24(19)28-22/h7-16H,1-6H3. The Balaban J connectivity index is 1.82. The van der Waals surface area contributed by atoms with Gasteiger partial charge in [0, 0.05) is 33.6 Å². The molecule has 0 saturated heterocycles. The summed E-state index contributed by atoms with van der Waals surface area (Å²) in [5, 5.41) is 2.14. The molecule has 0 amide bonds. The number of fused-ring (bicyclic) bond motifs is 3. The van der Waals surface area contributed by atoms with E-state index in [-0.39, 0.29) is 5.41 Å². The third-order valence-electron chi connectivity index (χ3n) is 5.71. The van der Waals surface area contributed by atoms with Crippen LogP contribution in [-0.4, -0.2) is 9.97 Å². The first-order valence-corrected chi connectivity index (χ1v) is 10.0. The average molecular weight is 373 g/mol. The van der Waals surface area contributed by atoms with Crippen LogP contribution in [-0.2, 0) is 5.41 Å². The van der Waals surface area contributed by atoms with Gasteiger partial charge in [0.05, 0.1) is 5.69 Å². The predicted octanol–water partition coefficient (Wildman–Crippen LogP) is 7.10. The Morgan fingerprint density at radius 1 is 0.893 bits per heavy atom. The van der Waals surface area contributed by atoms with E-state index in [2.05, 4.69) is 82.9 Å².